The van der Waals surface area contributed by atoms with Crippen molar-refractivity contribution in [1.29, 1.82) is 0 Å². The third-order valence-electron chi connectivity index (χ3n) is 5.09. The van der Waals surface area contributed by atoms with E-state index in [1.807, 2.05) is 6.92 Å². The topological polar surface area (TPSA) is 78.4 Å². The highest BCUT2D eigenvalue weighted by Crippen LogP contribution is 2.40. The molecule has 2 fully saturated rings. The van der Waals surface area contributed by atoms with E-state index in [-0.39, 0.29) is 11.5 Å². The Labute approximate surface area is 124 Å². The molecule has 0 aliphatic carbocycles. The van der Waals surface area contributed by atoms with Gasteiger partial charge in [-0.2, -0.15) is 0 Å². The molecule has 2 saturated heterocycles. The fourth-order valence-corrected chi connectivity index (χ4v) is 3.51. The average Bonchev–Trinajstić information content (AvgIpc) is 2.88. The molecule has 6 nitrogen and oxygen atoms in total. The minimum Gasteiger partial charge on any atom is -0.480 e. The monoisotopic (exact) mass is 290 g/mol. The van der Waals surface area contributed by atoms with Crippen molar-refractivity contribution >= 4 is 11.8 Å². The first-order chi connectivity index (χ1) is 10.0. The summed E-state index contributed by atoms with van der Waals surface area (Å²) >= 11 is 0. The van der Waals surface area contributed by atoms with Crippen molar-refractivity contribution in [1.82, 2.24) is 15.3 Å². The normalized spacial score (nSPS) is 24.5. The van der Waals surface area contributed by atoms with Crippen molar-refractivity contribution in [2.24, 2.45) is 5.41 Å². The van der Waals surface area contributed by atoms with Crippen LogP contribution in [0.5, 0.6) is 0 Å². The Kier molecular flexibility index (Phi) is 3.57. The molecule has 2 aliphatic rings. The number of carbonyl (C=O) groups is 1. The molecule has 2 aliphatic heterocycles. The van der Waals surface area contributed by atoms with Gasteiger partial charge in [-0.25, -0.2) is 9.97 Å². The van der Waals surface area contributed by atoms with Gasteiger partial charge in [0, 0.05) is 30.9 Å². The number of rotatable bonds is 2. The number of aromatic nitrogens is 2. The van der Waals surface area contributed by atoms with Crippen molar-refractivity contribution in [3.05, 3.63) is 17.6 Å². The number of anilines is 1. The van der Waals surface area contributed by atoms with Gasteiger partial charge in [-0.1, -0.05) is 0 Å². The van der Waals surface area contributed by atoms with Gasteiger partial charge in [0.1, 0.15) is 18.2 Å². The predicted molar refractivity (Wildman–Crippen MR) is 79.4 cm³/mol. The highest BCUT2D eigenvalue weighted by atomic mass is 16.4. The molecule has 1 spiro atoms. The van der Waals surface area contributed by atoms with Crippen molar-refractivity contribution in [3.8, 4) is 0 Å². The van der Waals surface area contributed by atoms with Gasteiger partial charge in [0.25, 0.3) is 0 Å². The summed E-state index contributed by atoms with van der Waals surface area (Å²) in [5.41, 5.74) is 2.31. The maximum Gasteiger partial charge on any atom is 0.320 e. The molecule has 3 heterocycles. The molecule has 1 atom stereocenters. The molecule has 0 saturated carbocycles. The van der Waals surface area contributed by atoms with Crippen LogP contribution in [0, 0.1) is 19.3 Å². The van der Waals surface area contributed by atoms with Crippen molar-refractivity contribution in [2.75, 3.05) is 24.5 Å². The van der Waals surface area contributed by atoms with Gasteiger partial charge in [0.2, 0.25) is 0 Å². The molecule has 2 N–H and O–H groups in total. The number of nitrogens with one attached hydrogen (secondary N) is 1. The molecule has 6 heteroatoms. The summed E-state index contributed by atoms with van der Waals surface area (Å²) in [4.78, 5) is 22.1. The van der Waals surface area contributed by atoms with E-state index in [1.165, 1.54) is 0 Å². The van der Waals surface area contributed by atoms with Crippen LogP contribution in [-0.2, 0) is 4.79 Å². The second-order valence-corrected chi connectivity index (χ2v) is 6.37. The van der Waals surface area contributed by atoms with Crippen LogP contribution in [-0.4, -0.2) is 46.7 Å². The van der Waals surface area contributed by atoms with Crippen LogP contribution < -0.4 is 10.2 Å². The summed E-state index contributed by atoms with van der Waals surface area (Å²) in [7, 11) is 0. The number of aliphatic carboxylic acids is 1. The SMILES string of the molecule is Cc1ncnc(N2CCC3(CC2)CN[C@H](C(=O)O)C3)c1C. The second kappa shape index (κ2) is 5.26. The lowest BCUT2D eigenvalue weighted by Crippen LogP contribution is -2.42. The Morgan fingerprint density at radius 2 is 2.10 bits per heavy atom. The molecule has 21 heavy (non-hydrogen) atoms. The summed E-state index contributed by atoms with van der Waals surface area (Å²) in [6.07, 6.45) is 4.41. The van der Waals surface area contributed by atoms with Gasteiger partial charge in [0.15, 0.2) is 0 Å². The number of carboxylic acids is 1. The molecule has 0 radical (unpaired) electrons. The van der Waals surface area contributed by atoms with Gasteiger partial charge < -0.3 is 15.3 Å². The molecule has 0 bridgehead atoms. The Bertz CT molecular complexity index is 553. The molecule has 1 aromatic rings. The molecule has 114 valence electrons. The van der Waals surface area contributed by atoms with E-state index >= 15 is 0 Å². The van der Waals surface area contributed by atoms with Crippen molar-refractivity contribution in [3.63, 3.8) is 0 Å². The number of piperidine rings is 1. The van der Waals surface area contributed by atoms with Crippen LogP contribution in [0.3, 0.4) is 0 Å². The lowest BCUT2D eigenvalue weighted by atomic mass is 9.76. The molecular formula is C15H22N4O2. The molecular weight excluding hydrogens is 268 g/mol. The molecule has 0 amide bonds. The average molecular weight is 290 g/mol. The summed E-state index contributed by atoms with van der Waals surface area (Å²) in [6, 6.07) is -0.375. The van der Waals surface area contributed by atoms with Gasteiger partial charge >= 0.3 is 5.97 Å². The molecule has 0 unspecified atom stereocenters. The fourth-order valence-electron chi connectivity index (χ4n) is 3.51. The maximum absolute atomic E-state index is 11.1. The van der Waals surface area contributed by atoms with Crippen LogP contribution in [0.4, 0.5) is 5.82 Å². The summed E-state index contributed by atoms with van der Waals surface area (Å²) < 4.78 is 0. The largest absolute Gasteiger partial charge is 0.480 e. The fraction of sp³-hybridized carbons (Fsp3) is 0.667. The zero-order valence-corrected chi connectivity index (χ0v) is 12.6. The maximum atomic E-state index is 11.1. The van der Waals surface area contributed by atoms with Crippen LogP contribution in [0.25, 0.3) is 0 Å². The van der Waals surface area contributed by atoms with Crippen LogP contribution in [0.1, 0.15) is 30.5 Å². The molecule has 3 rings (SSSR count). The van der Waals surface area contributed by atoms with E-state index in [4.69, 9.17) is 5.11 Å². The first-order valence-electron chi connectivity index (χ1n) is 7.50. The van der Waals surface area contributed by atoms with E-state index in [0.29, 0.717) is 0 Å². The lowest BCUT2D eigenvalue weighted by molar-refractivity contribution is -0.139. The van der Waals surface area contributed by atoms with Crippen LogP contribution in [0.2, 0.25) is 0 Å². The number of hydrogen-bond acceptors (Lipinski definition) is 5. The lowest BCUT2D eigenvalue weighted by Gasteiger charge is -2.40. The quantitative estimate of drug-likeness (QED) is 0.850. The second-order valence-electron chi connectivity index (χ2n) is 6.37. The Morgan fingerprint density at radius 1 is 1.38 bits per heavy atom. The first-order valence-corrected chi connectivity index (χ1v) is 7.50. The third-order valence-corrected chi connectivity index (χ3v) is 5.09. The smallest absolute Gasteiger partial charge is 0.320 e. The van der Waals surface area contributed by atoms with E-state index in [1.54, 1.807) is 6.33 Å². The zero-order chi connectivity index (χ0) is 15.0. The van der Waals surface area contributed by atoms with Gasteiger partial charge in [-0.15, -0.1) is 0 Å². The van der Waals surface area contributed by atoms with Crippen molar-refractivity contribution < 1.29 is 9.90 Å². The van der Waals surface area contributed by atoms with E-state index in [9.17, 15) is 4.79 Å². The minimum absolute atomic E-state index is 0.148. The van der Waals surface area contributed by atoms with Crippen molar-refractivity contribution in [2.45, 2.75) is 39.2 Å². The third kappa shape index (κ3) is 2.60. The van der Waals surface area contributed by atoms with Gasteiger partial charge in [0.05, 0.1) is 0 Å². The molecule has 1 aromatic heterocycles. The Morgan fingerprint density at radius 3 is 2.71 bits per heavy atom. The van der Waals surface area contributed by atoms with Gasteiger partial charge in [-0.3, -0.25) is 4.79 Å². The number of hydrogen-bond donors (Lipinski definition) is 2. The van der Waals surface area contributed by atoms with Gasteiger partial charge in [-0.05, 0) is 38.5 Å². The minimum atomic E-state index is -0.725. The summed E-state index contributed by atoms with van der Waals surface area (Å²) in [5.74, 6) is 0.301. The van der Waals surface area contributed by atoms with Crippen LogP contribution in [0.15, 0.2) is 6.33 Å². The Hall–Kier alpha value is -1.69. The first kappa shape index (κ1) is 14.3. The number of carboxylic acid groups (broad SMARTS) is 1. The number of aryl methyl sites for hydroxylation is 1. The highest BCUT2D eigenvalue weighted by molar-refractivity contribution is 5.74. The highest BCUT2D eigenvalue weighted by Gasteiger charge is 2.43. The zero-order valence-electron chi connectivity index (χ0n) is 12.6. The van der Waals surface area contributed by atoms with E-state index in [0.717, 1.165) is 56.0 Å². The summed E-state index contributed by atoms with van der Waals surface area (Å²) in [5, 5.41) is 12.3. The Balaban J connectivity index is 1.68. The van der Waals surface area contributed by atoms with E-state index < -0.39 is 5.97 Å². The van der Waals surface area contributed by atoms with Crippen LogP contribution >= 0.6 is 0 Å². The van der Waals surface area contributed by atoms with E-state index in [2.05, 4.69) is 27.1 Å². The predicted octanol–water partition coefficient (Wildman–Crippen LogP) is 1.13. The number of nitrogens with zero attached hydrogens (tertiary/aromatic N) is 3. The summed E-state index contributed by atoms with van der Waals surface area (Å²) in [6.45, 7) is 6.76. The molecule has 0 aromatic carbocycles. The standard InChI is InChI=1S/C15H22N4O2/c1-10-11(2)17-9-18-13(10)19-5-3-15(4-6-19)7-12(14(20)21)16-8-15/h9,12,16H,3-8H2,1-2H3,(H,20,21)/t12-/m0/s1.